The number of aliphatic imine (C=N–C) groups is 1. The molecule has 0 unspecified atom stereocenters. The third kappa shape index (κ3) is 4.32. The Kier molecular flexibility index (Phi) is 6.73. The zero-order chi connectivity index (χ0) is 16.1. The van der Waals surface area contributed by atoms with Gasteiger partial charge in [-0.3, -0.25) is 9.79 Å². The van der Waals surface area contributed by atoms with Crippen molar-refractivity contribution in [3.05, 3.63) is 65.7 Å². The summed E-state index contributed by atoms with van der Waals surface area (Å²) >= 11 is 0. The molecule has 1 aliphatic heterocycles. The Morgan fingerprint density at radius 2 is 1.75 bits per heavy atom. The van der Waals surface area contributed by atoms with E-state index in [1.807, 2.05) is 42.5 Å². The van der Waals surface area contributed by atoms with E-state index < -0.39 is 0 Å². The van der Waals surface area contributed by atoms with Crippen LogP contribution in [0.5, 0.6) is 0 Å². The van der Waals surface area contributed by atoms with E-state index in [0.717, 1.165) is 42.9 Å². The van der Waals surface area contributed by atoms with E-state index in [1.54, 1.807) is 0 Å². The molecule has 0 aliphatic carbocycles. The van der Waals surface area contributed by atoms with Crippen molar-refractivity contribution in [2.24, 2.45) is 4.99 Å². The fourth-order valence-electron chi connectivity index (χ4n) is 2.94. The van der Waals surface area contributed by atoms with Crippen molar-refractivity contribution < 1.29 is 4.79 Å². The van der Waals surface area contributed by atoms with Crippen molar-refractivity contribution in [1.29, 1.82) is 0 Å². The third-order valence-corrected chi connectivity index (χ3v) is 4.22. The van der Waals surface area contributed by atoms with Crippen LogP contribution in [-0.4, -0.2) is 24.7 Å². The van der Waals surface area contributed by atoms with Gasteiger partial charge in [0.1, 0.15) is 5.84 Å². The number of anilines is 1. The van der Waals surface area contributed by atoms with Gasteiger partial charge in [-0.1, -0.05) is 48.5 Å². The zero-order valence-electron chi connectivity index (χ0n) is 13.9. The second-order valence-corrected chi connectivity index (χ2v) is 5.92. The minimum atomic E-state index is 0. The SMILES string of the molecule is Br.Cc1ccccc1N(CC(=O)c1ccccc1)C1=NCCCC1. The van der Waals surface area contributed by atoms with Crippen LogP contribution in [0.2, 0.25) is 0 Å². The van der Waals surface area contributed by atoms with Gasteiger partial charge in [-0.25, -0.2) is 0 Å². The Bertz CT molecular complexity index is 713. The molecule has 0 spiro atoms. The van der Waals surface area contributed by atoms with Crippen molar-refractivity contribution in [2.45, 2.75) is 26.2 Å². The number of nitrogens with zero attached hydrogens (tertiary/aromatic N) is 2. The van der Waals surface area contributed by atoms with E-state index >= 15 is 0 Å². The molecule has 3 rings (SSSR count). The lowest BCUT2D eigenvalue weighted by molar-refractivity contribution is 0.100. The van der Waals surface area contributed by atoms with E-state index in [4.69, 9.17) is 0 Å². The highest BCUT2D eigenvalue weighted by atomic mass is 79.9. The average molecular weight is 387 g/mol. The van der Waals surface area contributed by atoms with Crippen LogP contribution in [0.25, 0.3) is 0 Å². The number of amidine groups is 1. The van der Waals surface area contributed by atoms with Crippen LogP contribution in [0.15, 0.2) is 59.6 Å². The maximum atomic E-state index is 12.7. The van der Waals surface area contributed by atoms with E-state index in [9.17, 15) is 4.79 Å². The molecule has 0 fully saturated rings. The lowest BCUT2D eigenvalue weighted by Gasteiger charge is -2.29. The van der Waals surface area contributed by atoms with Gasteiger partial charge in [0.05, 0.1) is 6.54 Å². The van der Waals surface area contributed by atoms with Crippen LogP contribution in [0.3, 0.4) is 0 Å². The summed E-state index contributed by atoms with van der Waals surface area (Å²) in [6, 6.07) is 17.7. The average Bonchev–Trinajstić information content (AvgIpc) is 2.62. The number of rotatable bonds is 4. The summed E-state index contributed by atoms with van der Waals surface area (Å²) in [7, 11) is 0. The predicted octanol–water partition coefficient (Wildman–Crippen LogP) is 4.84. The maximum Gasteiger partial charge on any atom is 0.182 e. The van der Waals surface area contributed by atoms with E-state index in [0.29, 0.717) is 6.54 Å². The number of ketones is 1. The first kappa shape index (κ1) is 18.4. The third-order valence-electron chi connectivity index (χ3n) is 4.22. The maximum absolute atomic E-state index is 12.7. The molecule has 3 nitrogen and oxygen atoms in total. The number of carbonyl (C=O) groups excluding carboxylic acids is 1. The first-order chi connectivity index (χ1) is 11.3. The lowest BCUT2D eigenvalue weighted by atomic mass is 10.1. The molecule has 126 valence electrons. The van der Waals surface area contributed by atoms with Gasteiger partial charge < -0.3 is 4.90 Å². The van der Waals surface area contributed by atoms with Crippen LogP contribution < -0.4 is 4.90 Å². The standard InChI is InChI=1S/C20H22N2O.BrH/c1-16-9-5-6-12-18(16)22(20-13-7-8-14-21-20)15-19(23)17-10-3-2-4-11-17;/h2-6,9-12H,7-8,13-15H2,1H3;1H. The summed E-state index contributed by atoms with van der Waals surface area (Å²) in [5.41, 5.74) is 3.00. The second kappa shape index (κ2) is 8.78. The van der Waals surface area contributed by atoms with Crippen molar-refractivity contribution >= 4 is 34.3 Å². The number of benzene rings is 2. The molecular formula is C20H23BrN2O. The molecule has 4 heteroatoms. The zero-order valence-corrected chi connectivity index (χ0v) is 15.7. The molecule has 24 heavy (non-hydrogen) atoms. The molecule has 0 amide bonds. The summed E-state index contributed by atoms with van der Waals surface area (Å²) in [5, 5.41) is 0. The molecule has 2 aromatic carbocycles. The van der Waals surface area contributed by atoms with Crippen LogP contribution in [-0.2, 0) is 0 Å². The molecular weight excluding hydrogens is 364 g/mol. The number of halogens is 1. The molecule has 0 saturated carbocycles. The molecule has 0 radical (unpaired) electrons. The number of hydrogen-bond donors (Lipinski definition) is 0. The Balaban J connectivity index is 0.00000208. The first-order valence-corrected chi connectivity index (χ1v) is 8.20. The quantitative estimate of drug-likeness (QED) is 0.703. The number of hydrogen-bond acceptors (Lipinski definition) is 3. The van der Waals surface area contributed by atoms with Gasteiger partial charge in [0.15, 0.2) is 5.78 Å². The summed E-state index contributed by atoms with van der Waals surface area (Å²) < 4.78 is 0. The van der Waals surface area contributed by atoms with Gasteiger partial charge >= 0.3 is 0 Å². The van der Waals surface area contributed by atoms with E-state index in [2.05, 4.69) is 28.9 Å². The summed E-state index contributed by atoms with van der Waals surface area (Å²) in [6.45, 7) is 3.28. The molecule has 1 aliphatic rings. The van der Waals surface area contributed by atoms with Gasteiger partial charge in [0, 0.05) is 24.2 Å². The van der Waals surface area contributed by atoms with Crippen LogP contribution in [0, 0.1) is 6.92 Å². The number of Topliss-reactive ketones (excluding diaryl/α,β-unsaturated/α-hetero) is 1. The normalized spacial score (nSPS) is 13.6. The highest BCUT2D eigenvalue weighted by molar-refractivity contribution is 8.93. The summed E-state index contributed by atoms with van der Waals surface area (Å²) in [6.07, 6.45) is 3.22. The van der Waals surface area contributed by atoms with Gasteiger partial charge in [0.2, 0.25) is 0 Å². The smallest absolute Gasteiger partial charge is 0.182 e. The Labute approximate surface area is 154 Å². The topological polar surface area (TPSA) is 32.7 Å². The summed E-state index contributed by atoms with van der Waals surface area (Å²) in [4.78, 5) is 19.5. The lowest BCUT2D eigenvalue weighted by Crippen LogP contribution is -2.37. The fraction of sp³-hybridized carbons (Fsp3) is 0.300. The highest BCUT2D eigenvalue weighted by Gasteiger charge is 2.20. The minimum absolute atomic E-state index is 0. The van der Waals surface area contributed by atoms with Crippen molar-refractivity contribution in [1.82, 2.24) is 0 Å². The van der Waals surface area contributed by atoms with Gasteiger partial charge in [-0.15, -0.1) is 17.0 Å². The van der Waals surface area contributed by atoms with Gasteiger partial charge in [0.25, 0.3) is 0 Å². The molecule has 0 bridgehead atoms. The van der Waals surface area contributed by atoms with E-state index in [-0.39, 0.29) is 22.8 Å². The molecule has 0 N–H and O–H groups in total. The Hall–Kier alpha value is -1.94. The number of para-hydroxylation sites is 1. The van der Waals surface area contributed by atoms with Crippen LogP contribution >= 0.6 is 17.0 Å². The molecule has 1 heterocycles. The molecule has 0 atom stereocenters. The Morgan fingerprint density at radius 3 is 2.42 bits per heavy atom. The molecule has 0 aromatic heterocycles. The van der Waals surface area contributed by atoms with Gasteiger partial charge in [-0.05, 0) is 31.4 Å². The van der Waals surface area contributed by atoms with E-state index in [1.165, 1.54) is 5.56 Å². The monoisotopic (exact) mass is 386 g/mol. The van der Waals surface area contributed by atoms with Gasteiger partial charge in [-0.2, -0.15) is 0 Å². The summed E-state index contributed by atoms with van der Waals surface area (Å²) in [5.74, 6) is 1.16. The number of aryl methyl sites for hydroxylation is 1. The largest absolute Gasteiger partial charge is 0.322 e. The van der Waals surface area contributed by atoms with Crippen molar-refractivity contribution in [3.8, 4) is 0 Å². The highest BCUT2D eigenvalue weighted by Crippen LogP contribution is 2.23. The molecule has 0 saturated heterocycles. The first-order valence-electron chi connectivity index (χ1n) is 8.20. The van der Waals surface area contributed by atoms with Crippen LogP contribution in [0.4, 0.5) is 5.69 Å². The Morgan fingerprint density at radius 1 is 1.04 bits per heavy atom. The van der Waals surface area contributed by atoms with Crippen molar-refractivity contribution in [2.75, 3.05) is 18.0 Å². The van der Waals surface area contributed by atoms with Crippen LogP contribution in [0.1, 0.15) is 35.2 Å². The second-order valence-electron chi connectivity index (χ2n) is 5.92. The fourth-order valence-corrected chi connectivity index (χ4v) is 2.94. The number of carbonyl (C=O) groups is 1. The molecule has 2 aromatic rings. The predicted molar refractivity (Wildman–Crippen MR) is 106 cm³/mol. The van der Waals surface area contributed by atoms with Crippen molar-refractivity contribution in [3.63, 3.8) is 0 Å². The minimum Gasteiger partial charge on any atom is -0.322 e.